The maximum Gasteiger partial charge on any atom is 0.137 e. The molecule has 0 saturated heterocycles. The third-order valence-electron chi connectivity index (χ3n) is 2.34. The summed E-state index contributed by atoms with van der Waals surface area (Å²) in [6, 6.07) is 4.38. The molecule has 0 aromatic heterocycles. The van der Waals surface area contributed by atoms with Gasteiger partial charge in [-0.25, -0.2) is 4.39 Å². The first-order chi connectivity index (χ1) is 8.13. The fourth-order valence-corrected chi connectivity index (χ4v) is 1.88. The fourth-order valence-electron chi connectivity index (χ4n) is 1.50. The maximum absolute atomic E-state index is 13.0. The minimum Gasteiger partial charge on any atom is -0.382 e. The average Bonchev–Trinajstić information content (AvgIpc) is 2.29. The molecule has 0 heterocycles. The van der Waals surface area contributed by atoms with Gasteiger partial charge < -0.3 is 4.74 Å². The number of hydrogen-bond donors (Lipinski definition) is 0. The first-order valence-electron chi connectivity index (χ1n) is 5.67. The quantitative estimate of drug-likeness (QED) is 0.720. The molecule has 0 aliphatic carbocycles. The largest absolute Gasteiger partial charge is 0.382 e. The molecule has 0 aliphatic heterocycles. The summed E-state index contributed by atoms with van der Waals surface area (Å²) >= 11 is 3.31. The van der Waals surface area contributed by atoms with Gasteiger partial charge in [0.25, 0.3) is 0 Å². The lowest BCUT2D eigenvalue weighted by Crippen LogP contribution is -2.05. The molecule has 4 heteroatoms. The predicted molar refractivity (Wildman–Crippen MR) is 68.5 cm³/mol. The van der Waals surface area contributed by atoms with E-state index in [0.717, 1.165) is 10.9 Å². The van der Waals surface area contributed by atoms with E-state index in [1.165, 1.54) is 12.1 Å². The minimum atomic E-state index is -0.315. The van der Waals surface area contributed by atoms with Crippen LogP contribution in [0.3, 0.4) is 0 Å². The van der Waals surface area contributed by atoms with Crippen LogP contribution in [0, 0.1) is 5.82 Å². The van der Waals surface area contributed by atoms with Crippen molar-refractivity contribution in [2.45, 2.75) is 26.2 Å². The van der Waals surface area contributed by atoms with Crippen LogP contribution < -0.4 is 0 Å². The summed E-state index contributed by atoms with van der Waals surface area (Å²) < 4.78 is 18.9. The minimum absolute atomic E-state index is 0.107. The van der Waals surface area contributed by atoms with Crippen molar-refractivity contribution in [3.8, 4) is 0 Å². The van der Waals surface area contributed by atoms with E-state index >= 15 is 0 Å². The summed E-state index contributed by atoms with van der Waals surface area (Å²) in [7, 11) is 0. The second kappa shape index (κ2) is 7.56. The van der Waals surface area contributed by atoms with E-state index in [1.54, 1.807) is 6.07 Å². The van der Waals surface area contributed by atoms with Gasteiger partial charge in [0.05, 0.1) is 0 Å². The molecule has 0 amide bonds. The molecule has 1 aromatic carbocycles. The van der Waals surface area contributed by atoms with Crippen LogP contribution >= 0.6 is 15.9 Å². The molecule has 0 atom stereocenters. The molecule has 0 saturated carbocycles. The highest BCUT2D eigenvalue weighted by Gasteiger charge is 2.08. The second-order valence-electron chi connectivity index (χ2n) is 3.75. The van der Waals surface area contributed by atoms with Gasteiger partial charge in [-0.1, -0.05) is 15.9 Å². The molecule has 1 rings (SSSR count). The van der Waals surface area contributed by atoms with Gasteiger partial charge in [-0.15, -0.1) is 0 Å². The van der Waals surface area contributed by atoms with Gasteiger partial charge in [-0.05, 0) is 37.1 Å². The number of Topliss-reactive ketones (excluding diaryl/α,β-unsaturated/α-hetero) is 1. The Kier molecular flexibility index (Phi) is 6.37. The normalized spacial score (nSPS) is 10.5. The Morgan fingerprint density at radius 3 is 2.94 bits per heavy atom. The number of carbonyl (C=O) groups excluding carboxylic acids is 1. The van der Waals surface area contributed by atoms with Crippen LogP contribution in [0.5, 0.6) is 0 Å². The smallest absolute Gasteiger partial charge is 0.137 e. The topological polar surface area (TPSA) is 26.3 Å². The third-order valence-corrected chi connectivity index (χ3v) is 3.12. The average molecular weight is 303 g/mol. The van der Waals surface area contributed by atoms with Gasteiger partial charge >= 0.3 is 0 Å². The van der Waals surface area contributed by atoms with Gasteiger partial charge in [0.1, 0.15) is 11.6 Å². The van der Waals surface area contributed by atoms with Crippen LogP contribution in [0.25, 0.3) is 0 Å². The lowest BCUT2D eigenvalue weighted by molar-refractivity contribution is -0.118. The van der Waals surface area contributed by atoms with Crippen LogP contribution in [0.15, 0.2) is 22.7 Å². The Morgan fingerprint density at radius 1 is 1.47 bits per heavy atom. The number of rotatable bonds is 7. The number of ketones is 1. The zero-order valence-corrected chi connectivity index (χ0v) is 11.4. The summed E-state index contributed by atoms with van der Waals surface area (Å²) in [6.07, 6.45) is 1.47. The monoisotopic (exact) mass is 302 g/mol. The van der Waals surface area contributed by atoms with Crippen molar-refractivity contribution in [3.05, 3.63) is 34.1 Å². The summed E-state index contributed by atoms with van der Waals surface area (Å²) in [5.74, 6) is -0.207. The van der Waals surface area contributed by atoms with Crippen molar-refractivity contribution in [3.63, 3.8) is 0 Å². The molecule has 0 N–H and O–H groups in total. The van der Waals surface area contributed by atoms with Crippen molar-refractivity contribution in [1.82, 2.24) is 0 Å². The van der Waals surface area contributed by atoms with Crippen molar-refractivity contribution < 1.29 is 13.9 Å². The summed E-state index contributed by atoms with van der Waals surface area (Å²) in [6.45, 7) is 3.20. The number of hydrogen-bond acceptors (Lipinski definition) is 2. The number of ether oxygens (including phenoxy) is 1. The van der Waals surface area contributed by atoms with E-state index in [2.05, 4.69) is 15.9 Å². The maximum atomic E-state index is 13.0. The molecule has 1 aromatic rings. The first-order valence-corrected chi connectivity index (χ1v) is 6.46. The van der Waals surface area contributed by atoms with Crippen LogP contribution in [0.1, 0.15) is 25.3 Å². The van der Waals surface area contributed by atoms with Crippen molar-refractivity contribution in [1.29, 1.82) is 0 Å². The van der Waals surface area contributed by atoms with Crippen molar-refractivity contribution in [2.24, 2.45) is 0 Å². The molecule has 2 nitrogen and oxygen atoms in total. The van der Waals surface area contributed by atoms with E-state index in [0.29, 0.717) is 25.2 Å². The van der Waals surface area contributed by atoms with Crippen molar-refractivity contribution in [2.75, 3.05) is 13.2 Å². The van der Waals surface area contributed by atoms with Gasteiger partial charge in [0.2, 0.25) is 0 Å². The standard InChI is InChI=1S/C13H16BrFO2/c1-2-17-7-3-4-12(16)9-10-8-11(15)5-6-13(10)14/h5-6,8H,2-4,7,9H2,1H3. The number of carbonyl (C=O) groups is 1. The number of benzene rings is 1. The second-order valence-corrected chi connectivity index (χ2v) is 4.61. The molecule has 94 valence electrons. The van der Waals surface area contributed by atoms with Gasteiger partial charge in [-0.3, -0.25) is 4.79 Å². The highest BCUT2D eigenvalue weighted by Crippen LogP contribution is 2.19. The Hall–Kier alpha value is -0.740. The third kappa shape index (κ3) is 5.41. The number of halogens is 2. The Balaban J connectivity index is 2.42. The van der Waals surface area contributed by atoms with Crippen molar-refractivity contribution >= 4 is 21.7 Å². The zero-order valence-electron chi connectivity index (χ0n) is 9.84. The summed E-state index contributed by atoms with van der Waals surface area (Å²) in [5, 5.41) is 0. The Labute approximate surface area is 109 Å². The Morgan fingerprint density at radius 2 is 2.24 bits per heavy atom. The highest BCUT2D eigenvalue weighted by molar-refractivity contribution is 9.10. The van der Waals surface area contributed by atoms with Crippen LogP contribution in [-0.2, 0) is 16.0 Å². The molecule has 0 aliphatic rings. The molecular formula is C13H16BrFO2. The molecular weight excluding hydrogens is 287 g/mol. The van der Waals surface area contributed by atoms with E-state index in [4.69, 9.17) is 4.74 Å². The van der Waals surface area contributed by atoms with Crippen LogP contribution in [0.2, 0.25) is 0 Å². The van der Waals surface area contributed by atoms with E-state index in [1.807, 2.05) is 6.92 Å². The zero-order chi connectivity index (χ0) is 12.7. The van der Waals surface area contributed by atoms with Crippen LogP contribution in [0.4, 0.5) is 4.39 Å². The SMILES string of the molecule is CCOCCCC(=O)Cc1cc(F)ccc1Br. The van der Waals surface area contributed by atoms with E-state index < -0.39 is 0 Å². The molecule has 0 fully saturated rings. The molecule has 0 spiro atoms. The van der Waals surface area contributed by atoms with Gasteiger partial charge in [0, 0.05) is 30.5 Å². The molecule has 0 unspecified atom stereocenters. The predicted octanol–water partition coefficient (Wildman–Crippen LogP) is 3.52. The van der Waals surface area contributed by atoms with Gasteiger partial charge in [-0.2, -0.15) is 0 Å². The fraction of sp³-hybridized carbons (Fsp3) is 0.462. The lowest BCUT2D eigenvalue weighted by atomic mass is 10.1. The highest BCUT2D eigenvalue weighted by atomic mass is 79.9. The summed E-state index contributed by atoms with van der Waals surface area (Å²) in [4.78, 5) is 11.6. The van der Waals surface area contributed by atoms with E-state index in [9.17, 15) is 9.18 Å². The van der Waals surface area contributed by atoms with Gasteiger partial charge in [0.15, 0.2) is 0 Å². The molecule has 17 heavy (non-hydrogen) atoms. The summed E-state index contributed by atoms with van der Waals surface area (Å²) in [5.41, 5.74) is 0.700. The first kappa shape index (κ1) is 14.3. The molecule has 0 radical (unpaired) electrons. The van der Waals surface area contributed by atoms with E-state index in [-0.39, 0.29) is 18.0 Å². The Bertz CT molecular complexity index is 380. The van der Waals surface area contributed by atoms with Crippen LogP contribution in [-0.4, -0.2) is 19.0 Å². The molecule has 0 bridgehead atoms. The lowest BCUT2D eigenvalue weighted by Gasteiger charge is -2.04.